The Morgan fingerprint density at radius 2 is 1.67 bits per heavy atom. The number of hydrogen-bond donors (Lipinski definition) is 2. The number of ketones is 1. The van der Waals surface area contributed by atoms with Crippen molar-refractivity contribution in [3.8, 4) is 0 Å². The Balaban J connectivity index is 0.000000159. The van der Waals surface area contributed by atoms with Crippen molar-refractivity contribution in [2.24, 2.45) is 0 Å². The normalized spacial score (nSPS) is 12.3. The zero-order valence-corrected chi connectivity index (χ0v) is 15.2. The Kier molecular flexibility index (Phi) is 4.73. The highest BCUT2D eigenvalue weighted by Crippen LogP contribution is 2.26. The van der Waals surface area contributed by atoms with Gasteiger partial charge in [-0.2, -0.15) is 0 Å². The number of aryl methyl sites for hydroxylation is 3. The van der Waals surface area contributed by atoms with Crippen molar-refractivity contribution in [2.45, 2.75) is 20.8 Å². The number of pyridine rings is 1. The largest absolute Gasteiger partial charge is 0.478 e. The van der Waals surface area contributed by atoms with Gasteiger partial charge in [0.1, 0.15) is 0 Å². The minimum atomic E-state index is -0.906. The van der Waals surface area contributed by atoms with E-state index in [-0.39, 0.29) is 0 Å². The number of hydrogen-bond acceptors (Lipinski definition) is 4. The molecule has 0 unspecified atom stereocenters. The zero-order chi connectivity index (χ0) is 19.7. The van der Waals surface area contributed by atoms with Gasteiger partial charge in [0.05, 0.1) is 22.3 Å². The molecule has 3 aromatic rings. The summed E-state index contributed by atoms with van der Waals surface area (Å²) in [6.45, 7) is 5.59. The number of carboxylic acid groups (broad SMARTS) is 1. The van der Waals surface area contributed by atoms with Crippen molar-refractivity contribution in [3.05, 3.63) is 70.4 Å². The molecule has 1 amide bonds. The van der Waals surface area contributed by atoms with Gasteiger partial charge in [0.25, 0.3) is 11.7 Å². The van der Waals surface area contributed by atoms with Crippen LogP contribution in [-0.2, 0) is 4.79 Å². The fourth-order valence-electron chi connectivity index (χ4n) is 3.01. The summed E-state index contributed by atoms with van der Waals surface area (Å²) in [5, 5.41) is 12.3. The average molecular weight is 362 g/mol. The van der Waals surface area contributed by atoms with E-state index in [1.807, 2.05) is 32.0 Å². The number of amides is 1. The summed E-state index contributed by atoms with van der Waals surface area (Å²) in [5.41, 5.74) is 4.89. The second-order valence-corrected chi connectivity index (χ2v) is 6.37. The van der Waals surface area contributed by atoms with E-state index in [2.05, 4.69) is 10.3 Å². The lowest BCUT2D eigenvalue weighted by molar-refractivity contribution is -0.112. The van der Waals surface area contributed by atoms with Gasteiger partial charge in [0.2, 0.25) is 0 Å². The van der Waals surface area contributed by atoms with E-state index in [4.69, 9.17) is 5.11 Å². The van der Waals surface area contributed by atoms with Gasteiger partial charge in [-0.3, -0.25) is 14.6 Å². The van der Waals surface area contributed by atoms with Gasteiger partial charge in [-0.25, -0.2) is 4.79 Å². The molecule has 0 aliphatic carbocycles. The minimum Gasteiger partial charge on any atom is -0.478 e. The van der Waals surface area contributed by atoms with Crippen LogP contribution in [0.2, 0.25) is 0 Å². The van der Waals surface area contributed by atoms with Gasteiger partial charge >= 0.3 is 5.97 Å². The monoisotopic (exact) mass is 362 g/mol. The summed E-state index contributed by atoms with van der Waals surface area (Å²) >= 11 is 0. The van der Waals surface area contributed by atoms with Crippen LogP contribution in [0.1, 0.15) is 37.5 Å². The number of carbonyl (C=O) groups is 3. The molecule has 1 aliphatic heterocycles. The molecule has 0 bridgehead atoms. The first-order chi connectivity index (χ1) is 12.8. The van der Waals surface area contributed by atoms with Crippen LogP contribution in [0.5, 0.6) is 0 Å². The average Bonchev–Trinajstić information content (AvgIpc) is 2.92. The van der Waals surface area contributed by atoms with Gasteiger partial charge in [0.15, 0.2) is 0 Å². The maximum atomic E-state index is 11.1. The second kappa shape index (κ2) is 6.99. The summed E-state index contributed by atoms with van der Waals surface area (Å²) in [4.78, 5) is 37.5. The first kappa shape index (κ1) is 18.3. The number of fused-ring (bicyclic) bond motifs is 2. The Hall–Kier alpha value is -3.54. The number of aromatic carboxylic acids is 1. The smallest absolute Gasteiger partial charge is 0.336 e. The second-order valence-electron chi connectivity index (χ2n) is 6.37. The number of aromatic nitrogens is 1. The number of para-hydroxylation sites is 2. The fraction of sp³-hybridized carbons (Fsp3) is 0.143. The van der Waals surface area contributed by atoms with Crippen molar-refractivity contribution < 1.29 is 19.5 Å². The van der Waals surface area contributed by atoms with Crippen molar-refractivity contribution in [1.82, 2.24) is 4.98 Å². The Morgan fingerprint density at radius 3 is 2.33 bits per heavy atom. The highest BCUT2D eigenvalue weighted by atomic mass is 16.4. The molecule has 2 N–H and O–H groups in total. The van der Waals surface area contributed by atoms with E-state index in [9.17, 15) is 14.4 Å². The van der Waals surface area contributed by atoms with E-state index in [1.54, 1.807) is 31.2 Å². The quantitative estimate of drug-likeness (QED) is 0.644. The number of nitrogens with one attached hydrogen (secondary N) is 1. The van der Waals surface area contributed by atoms with E-state index in [1.165, 1.54) is 0 Å². The van der Waals surface area contributed by atoms with E-state index >= 15 is 0 Å². The number of benzene rings is 2. The van der Waals surface area contributed by atoms with Crippen molar-refractivity contribution >= 4 is 34.3 Å². The summed E-state index contributed by atoms with van der Waals surface area (Å²) in [5.74, 6) is -1.87. The van der Waals surface area contributed by atoms with E-state index in [0.717, 1.165) is 22.3 Å². The van der Waals surface area contributed by atoms with E-state index in [0.29, 0.717) is 22.2 Å². The maximum Gasteiger partial charge on any atom is 0.336 e. The SMILES string of the molecule is Cc1cc(C(=O)O)c2cccc(C)c2n1.Cc1cccc2c1NC(=O)C2=O. The molecule has 2 aromatic carbocycles. The molecule has 1 aliphatic rings. The molecule has 6 nitrogen and oxygen atoms in total. The minimum absolute atomic E-state index is 0.321. The predicted octanol–water partition coefficient (Wildman–Crippen LogP) is 3.68. The lowest BCUT2D eigenvalue weighted by Crippen LogP contribution is -2.12. The number of carboxylic acids is 1. The van der Waals surface area contributed by atoms with Crippen LogP contribution in [0.4, 0.5) is 5.69 Å². The number of carbonyl (C=O) groups excluding carboxylic acids is 2. The van der Waals surface area contributed by atoms with Crippen molar-refractivity contribution in [3.63, 3.8) is 0 Å². The van der Waals surface area contributed by atoms with Crippen LogP contribution >= 0.6 is 0 Å². The lowest BCUT2D eigenvalue weighted by Gasteiger charge is -2.05. The number of Topliss-reactive ketones (excluding diaryl/α,β-unsaturated/α-hetero) is 1. The van der Waals surface area contributed by atoms with E-state index < -0.39 is 17.7 Å². The Bertz CT molecular complexity index is 1100. The third-order valence-corrected chi connectivity index (χ3v) is 4.36. The molecule has 0 atom stereocenters. The Morgan fingerprint density at radius 1 is 1.00 bits per heavy atom. The highest BCUT2D eigenvalue weighted by Gasteiger charge is 2.28. The molecule has 0 saturated carbocycles. The summed E-state index contributed by atoms with van der Waals surface area (Å²) in [7, 11) is 0. The van der Waals surface area contributed by atoms with Crippen molar-refractivity contribution in [1.29, 1.82) is 0 Å². The zero-order valence-electron chi connectivity index (χ0n) is 15.2. The molecule has 2 heterocycles. The number of rotatable bonds is 1. The van der Waals surface area contributed by atoms with Crippen LogP contribution in [0.3, 0.4) is 0 Å². The fourth-order valence-corrected chi connectivity index (χ4v) is 3.01. The van der Waals surface area contributed by atoms with Gasteiger partial charge in [-0.15, -0.1) is 0 Å². The molecular weight excluding hydrogens is 344 g/mol. The number of anilines is 1. The van der Waals surface area contributed by atoms with Gasteiger partial charge < -0.3 is 10.4 Å². The molecule has 1 aromatic heterocycles. The first-order valence-electron chi connectivity index (χ1n) is 8.35. The summed E-state index contributed by atoms with van der Waals surface area (Å²) in [6.07, 6.45) is 0. The molecular formula is C21H18N2O4. The van der Waals surface area contributed by atoms with Crippen LogP contribution < -0.4 is 5.32 Å². The highest BCUT2D eigenvalue weighted by molar-refractivity contribution is 6.51. The Labute approximate surface area is 155 Å². The summed E-state index contributed by atoms with van der Waals surface area (Å²) in [6, 6.07) is 12.5. The van der Waals surface area contributed by atoms with Crippen LogP contribution in [0.15, 0.2) is 42.5 Å². The summed E-state index contributed by atoms with van der Waals surface area (Å²) < 4.78 is 0. The number of nitrogens with zero attached hydrogens (tertiary/aromatic N) is 1. The standard InChI is InChI=1S/C12H11NO2.C9H7NO2/c1-7-4-3-5-9-10(12(14)15)6-8(2)13-11(7)9;1-5-3-2-4-6-7(5)10-9(12)8(6)11/h3-6H,1-2H3,(H,14,15);2-4H,1H3,(H,10,11,12). The predicted molar refractivity (Wildman–Crippen MR) is 102 cm³/mol. The molecule has 136 valence electrons. The molecule has 0 fully saturated rings. The van der Waals surface area contributed by atoms with Crippen LogP contribution in [0, 0.1) is 20.8 Å². The topological polar surface area (TPSA) is 96.4 Å². The molecule has 4 rings (SSSR count). The van der Waals surface area contributed by atoms with Gasteiger partial charge in [-0.1, -0.05) is 30.3 Å². The van der Waals surface area contributed by atoms with Gasteiger partial charge in [0, 0.05) is 11.1 Å². The van der Waals surface area contributed by atoms with Crippen LogP contribution in [0.25, 0.3) is 10.9 Å². The molecule has 27 heavy (non-hydrogen) atoms. The molecule has 0 spiro atoms. The van der Waals surface area contributed by atoms with Crippen molar-refractivity contribution in [2.75, 3.05) is 5.32 Å². The molecule has 0 saturated heterocycles. The maximum absolute atomic E-state index is 11.1. The van der Waals surface area contributed by atoms with Gasteiger partial charge in [-0.05, 0) is 44.0 Å². The lowest BCUT2D eigenvalue weighted by atomic mass is 10.0. The van der Waals surface area contributed by atoms with Crippen LogP contribution in [-0.4, -0.2) is 27.8 Å². The molecule has 0 radical (unpaired) electrons. The third kappa shape index (κ3) is 3.42. The molecule has 6 heteroatoms. The third-order valence-electron chi connectivity index (χ3n) is 4.36. The first-order valence-corrected chi connectivity index (χ1v) is 8.35.